The molecule has 0 fully saturated rings. The van der Waals surface area contributed by atoms with Crippen LogP contribution in [0.15, 0.2) is 4.58 Å². The van der Waals surface area contributed by atoms with E-state index in [0.717, 1.165) is 0 Å². The highest BCUT2D eigenvalue weighted by Crippen LogP contribution is 2.29. The second-order valence-corrected chi connectivity index (χ2v) is 5.40. The van der Waals surface area contributed by atoms with Gasteiger partial charge >= 0.3 is 5.97 Å². The van der Waals surface area contributed by atoms with E-state index in [1.807, 2.05) is 0 Å². The molecule has 0 aliphatic heterocycles. The zero-order valence-electron chi connectivity index (χ0n) is 10.2. The number of nitrogens with zero attached hydrogens (tertiary/aromatic N) is 1. The Morgan fingerprint density at radius 1 is 1.39 bits per heavy atom. The first-order valence-electron chi connectivity index (χ1n) is 4.98. The van der Waals surface area contributed by atoms with Crippen LogP contribution in [0.4, 0.5) is 0 Å². The molecule has 3 N–H and O–H groups in total. The summed E-state index contributed by atoms with van der Waals surface area (Å²) < 4.78 is 1.64. The van der Waals surface area contributed by atoms with Crippen LogP contribution < -0.4 is 10.6 Å². The van der Waals surface area contributed by atoms with Gasteiger partial charge in [0, 0.05) is 23.5 Å². The van der Waals surface area contributed by atoms with Gasteiger partial charge in [0.2, 0.25) is 11.8 Å². The molecule has 0 aliphatic carbocycles. The first-order valence-corrected chi connectivity index (χ1v) is 5.75. The normalized spacial score (nSPS) is 12.4. The Bertz CT molecular complexity index is 358. The van der Waals surface area contributed by atoms with Crippen molar-refractivity contribution in [1.82, 2.24) is 10.6 Å². The van der Waals surface area contributed by atoms with Gasteiger partial charge in [-0.15, -0.1) is 4.91 Å². The summed E-state index contributed by atoms with van der Waals surface area (Å²) in [7, 11) is 0. The van der Waals surface area contributed by atoms with Gasteiger partial charge in [-0.1, -0.05) is 0 Å². The van der Waals surface area contributed by atoms with E-state index in [2.05, 4.69) is 15.2 Å². The summed E-state index contributed by atoms with van der Waals surface area (Å²) in [6.07, 6.45) is 0. The van der Waals surface area contributed by atoms with Crippen LogP contribution in [0.2, 0.25) is 0 Å². The maximum atomic E-state index is 11.8. The molecule has 0 saturated heterocycles. The van der Waals surface area contributed by atoms with Crippen molar-refractivity contribution in [1.29, 1.82) is 0 Å². The lowest BCUT2D eigenvalue weighted by atomic mass is 10.0. The van der Waals surface area contributed by atoms with Gasteiger partial charge in [-0.05, 0) is 13.8 Å². The van der Waals surface area contributed by atoms with E-state index in [0.29, 0.717) is 11.9 Å². The van der Waals surface area contributed by atoms with Crippen molar-refractivity contribution in [2.45, 2.75) is 31.6 Å². The molecule has 2 amide bonds. The molecular weight excluding hydrogens is 262 g/mol. The molecule has 8 nitrogen and oxygen atoms in total. The largest absolute Gasteiger partial charge is 0.480 e. The number of nitrogens with one attached hydrogen (secondary N) is 2. The maximum Gasteiger partial charge on any atom is 0.322 e. The summed E-state index contributed by atoms with van der Waals surface area (Å²) in [4.78, 5) is 43.4. The minimum atomic E-state index is -1.20. The van der Waals surface area contributed by atoms with E-state index in [4.69, 9.17) is 5.11 Å². The third-order valence-electron chi connectivity index (χ3n) is 1.99. The van der Waals surface area contributed by atoms with Crippen molar-refractivity contribution in [2.24, 2.45) is 4.58 Å². The molecule has 0 radical (unpaired) electrons. The molecule has 0 aromatic heterocycles. The molecule has 0 aromatic carbocycles. The summed E-state index contributed by atoms with van der Waals surface area (Å²) in [6, 6.07) is -1.06. The lowest BCUT2D eigenvalue weighted by Crippen LogP contribution is -2.56. The fourth-order valence-corrected chi connectivity index (χ4v) is 1.64. The van der Waals surface area contributed by atoms with Gasteiger partial charge in [0.05, 0.1) is 4.75 Å². The van der Waals surface area contributed by atoms with Gasteiger partial charge in [0.1, 0.15) is 12.6 Å². The Hall–Kier alpha value is -1.64. The number of hydrogen-bond acceptors (Lipinski definition) is 6. The minimum Gasteiger partial charge on any atom is -0.480 e. The van der Waals surface area contributed by atoms with Crippen LogP contribution in [0.1, 0.15) is 20.8 Å². The molecule has 0 spiro atoms. The predicted octanol–water partition coefficient (Wildman–Crippen LogP) is -0.115. The Balaban J connectivity index is 4.86. The van der Waals surface area contributed by atoms with Crippen LogP contribution >= 0.6 is 11.9 Å². The second kappa shape index (κ2) is 6.94. The molecule has 0 unspecified atom stereocenters. The molecule has 18 heavy (non-hydrogen) atoms. The van der Waals surface area contributed by atoms with Crippen LogP contribution in [0.5, 0.6) is 0 Å². The lowest BCUT2D eigenvalue weighted by molar-refractivity contribution is -0.138. The minimum absolute atomic E-state index is 0.468. The molecule has 0 heterocycles. The first kappa shape index (κ1) is 16.4. The van der Waals surface area contributed by atoms with Gasteiger partial charge in [-0.3, -0.25) is 14.4 Å². The zero-order valence-corrected chi connectivity index (χ0v) is 11.0. The van der Waals surface area contributed by atoms with E-state index >= 15 is 0 Å². The van der Waals surface area contributed by atoms with Crippen molar-refractivity contribution in [3.63, 3.8) is 0 Å². The van der Waals surface area contributed by atoms with Crippen molar-refractivity contribution < 1.29 is 19.5 Å². The van der Waals surface area contributed by atoms with Gasteiger partial charge in [0.15, 0.2) is 0 Å². The number of carboxylic acid groups (broad SMARTS) is 1. The van der Waals surface area contributed by atoms with E-state index in [-0.39, 0.29) is 0 Å². The number of nitroso groups, excluding NO2 is 1. The number of aliphatic carboxylic acids is 1. The van der Waals surface area contributed by atoms with E-state index in [9.17, 15) is 19.3 Å². The average molecular weight is 277 g/mol. The molecule has 1 atom stereocenters. The average Bonchev–Trinajstić information content (AvgIpc) is 2.22. The van der Waals surface area contributed by atoms with Crippen LogP contribution in [-0.4, -0.2) is 40.2 Å². The van der Waals surface area contributed by atoms with Gasteiger partial charge < -0.3 is 15.7 Å². The number of rotatable bonds is 7. The van der Waals surface area contributed by atoms with Crippen LogP contribution in [0.3, 0.4) is 0 Å². The van der Waals surface area contributed by atoms with Gasteiger partial charge in [-0.25, -0.2) is 0 Å². The van der Waals surface area contributed by atoms with Crippen molar-refractivity contribution >= 4 is 29.7 Å². The predicted molar refractivity (Wildman–Crippen MR) is 65.7 cm³/mol. The molecule has 0 bridgehead atoms. The Morgan fingerprint density at radius 2 is 1.94 bits per heavy atom. The zero-order chi connectivity index (χ0) is 14.3. The highest BCUT2D eigenvalue weighted by atomic mass is 32.2. The monoisotopic (exact) mass is 277 g/mol. The van der Waals surface area contributed by atoms with Crippen LogP contribution in [0.25, 0.3) is 0 Å². The standard InChI is InChI=1S/C9H15N3O5S/c1-5(13)11-7(9(2,3)18-12-17)8(16)10-4-6(14)15/h7H,4H2,1-3H3,(H,10,16)(H,11,13)(H,14,15)/t7-/m1/s1. The van der Waals surface area contributed by atoms with Crippen molar-refractivity contribution in [2.75, 3.05) is 6.54 Å². The fraction of sp³-hybridized carbons (Fsp3) is 0.667. The van der Waals surface area contributed by atoms with E-state index in [1.165, 1.54) is 6.92 Å². The van der Waals surface area contributed by atoms with E-state index in [1.54, 1.807) is 13.8 Å². The topological polar surface area (TPSA) is 125 Å². The SMILES string of the molecule is CC(=O)N[C@H](C(=O)NCC(=O)O)C(C)(C)SN=O. The van der Waals surface area contributed by atoms with Crippen molar-refractivity contribution in [3.8, 4) is 0 Å². The summed E-state index contributed by atoms with van der Waals surface area (Å²) in [6.45, 7) is 3.73. The molecule has 9 heteroatoms. The summed E-state index contributed by atoms with van der Waals surface area (Å²) in [5, 5.41) is 13.0. The third kappa shape index (κ3) is 5.62. The van der Waals surface area contributed by atoms with Gasteiger partial charge in [-0.2, -0.15) is 0 Å². The Kier molecular flexibility index (Phi) is 6.31. The number of amides is 2. The lowest BCUT2D eigenvalue weighted by Gasteiger charge is -2.29. The second-order valence-electron chi connectivity index (χ2n) is 4.01. The van der Waals surface area contributed by atoms with Crippen molar-refractivity contribution in [3.05, 3.63) is 4.91 Å². The Morgan fingerprint density at radius 3 is 2.33 bits per heavy atom. The Labute approximate surface area is 108 Å². The maximum absolute atomic E-state index is 11.8. The highest BCUT2D eigenvalue weighted by molar-refractivity contribution is 7.99. The number of carbonyl (C=O) groups is 3. The molecular formula is C9H15N3O5S. The van der Waals surface area contributed by atoms with E-state index < -0.39 is 35.1 Å². The third-order valence-corrected chi connectivity index (χ3v) is 2.77. The van der Waals surface area contributed by atoms with Crippen LogP contribution in [-0.2, 0) is 14.4 Å². The fourth-order valence-electron chi connectivity index (χ4n) is 1.17. The quantitative estimate of drug-likeness (QED) is 0.440. The molecule has 0 saturated carbocycles. The first-order chi connectivity index (χ1) is 8.20. The molecule has 102 valence electrons. The molecule has 0 aromatic rings. The smallest absolute Gasteiger partial charge is 0.322 e. The molecule has 0 aliphatic rings. The molecule has 0 rings (SSSR count). The number of carbonyl (C=O) groups excluding carboxylic acids is 2. The summed E-state index contributed by atoms with van der Waals surface area (Å²) in [5.41, 5.74) is 0. The highest BCUT2D eigenvalue weighted by Gasteiger charge is 2.37. The number of hydrogen-bond donors (Lipinski definition) is 3. The van der Waals surface area contributed by atoms with Gasteiger partial charge in [0.25, 0.3) is 0 Å². The summed E-state index contributed by atoms with van der Waals surface area (Å²) in [5.74, 6) is -2.36. The van der Waals surface area contributed by atoms with Crippen LogP contribution in [0, 0.1) is 4.91 Å². The number of carboxylic acids is 1. The summed E-state index contributed by atoms with van der Waals surface area (Å²) >= 11 is 0.593.